The highest BCUT2D eigenvalue weighted by Gasteiger charge is 2.40. The molecule has 3 aliphatic rings. The van der Waals surface area contributed by atoms with Crippen molar-refractivity contribution >= 4 is 49.6 Å². The number of hydrogen-bond acceptors (Lipinski definition) is 1. The van der Waals surface area contributed by atoms with Crippen LogP contribution >= 0.6 is 0 Å². The Morgan fingerprint density at radius 2 is 0.739 bits per heavy atom. The van der Waals surface area contributed by atoms with Gasteiger partial charge in [-0.3, -0.25) is 0 Å². The van der Waals surface area contributed by atoms with Crippen LogP contribution in [0.3, 0.4) is 0 Å². The van der Waals surface area contributed by atoms with E-state index in [2.05, 4.69) is 257 Å². The van der Waals surface area contributed by atoms with Crippen LogP contribution in [0, 0.1) is 0 Å². The third-order valence-corrected chi connectivity index (χ3v) is 16.6. The van der Waals surface area contributed by atoms with Crippen LogP contribution in [-0.2, 0) is 16.2 Å². The minimum Gasteiger partial charge on any atom is -0.310 e. The fourth-order valence-electron chi connectivity index (χ4n) is 12.9. The number of rotatable bonds is 5. The van der Waals surface area contributed by atoms with Crippen LogP contribution in [0.4, 0.5) is 17.1 Å². The van der Waals surface area contributed by atoms with E-state index in [1.165, 1.54) is 133 Å². The fourth-order valence-corrected chi connectivity index (χ4v) is 12.9. The van der Waals surface area contributed by atoms with E-state index in [1.54, 1.807) is 0 Å². The van der Waals surface area contributed by atoms with Crippen LogP contribution in [0.25, 0.3) is 82.8 Å². The molecule has 0 bridgehead atoms. The Bertz CT molecular complexity index is 3900. The van der Waals surface area contributed by atoms with Crippen molar-refractivity contribution in [3.05, 3.63) is 240 Å². The molecular formula is C67H52N2. The number of benzene rings is 10. The second kappa shape index (κ2) is 14.1. The Labute approximate surface area is 404 Å². The molecule has 0 aliphatic heterocycles. The molecule has 0 N–H and O–H groups in total. The van der Waals surface area contributed by atoms with E-state index in [1.807, 2.05) is 0 Å². The molecule has 69 heavy (non-hydrogen) atoms. The summed E-state index contributed by atoms with van der Waals surface area (Å²) in [6, 6.07) is 78.0. The molecule has 10 aromatic carbocycles. The molecule has 0 atom stereocenters. The van der Waals surface area contributed by atoms with E-state index in [9.17, 15) is 0 Å². The van der Waals surface area contributed by atoms with Gasteiger partial charge in [0.25, 0.3) is 0 Å². The normalized spacial score (nSPS) is 15.2. The van der Waals surface area contributed by atoms with Crippen molar-refractivity contribution in [2.75, 3.05) is 4.90 Å². The van der Waals surface area contributed by atoms with Gasteiger partial charge in [0.05, 0.1) is 11.0 Å². The van der Waals surface area contributed by atoms with Crippen molar-refractivity contribution in [2.24, 2.45) is 0 Å². The van der Waals surface area contributed by atoms with Gasteiger partial charge >= 0.3 is 0 Å². The van der Waals surface area contributed by atoms with E-state index in [0.29, 0.717) is 0 Å². The zero-order valence-corrected chi connectivity index (χ0v) is 40.0. The van der Waals surface area contributed by atoms with Crippen molar-refractivity contribution in [1.29, 1.82) is 0 Å². The van der Waals surface area contributed by atoms with Crippen LogP contribution in [0.15, 0.2) is 206 Å². The molecule has 330 valence electrons. The zero-order chi connectivity index (χ0) is 46.6. The predicted molar refractivity (Wildman–Crippen MR) is 291 cm³/mol. The van der Waals surface area contributed by atoms with Crippen LogP contribution in [0.5, 0.6) is 0 Å². The summed E-state index contributed by atoms with van der Waals surface area (Å²) in [4.78, 5) is 2.52. The lowest BCUT2D eigenvalue weighted by atomic mass is 9.81. The molecule has 1 aromatic heterocycles. The number of fused-ring (bicyclic) bond motifs is 13. The first-order valence-corrected chi connectivity index (χ1v) is 24.6. The van der Waals surface area contributed by atoms with Crippen molar-refractivity contribution < 1.29 is 0 Å². The molecule has 1 heterocycles. The molecule has 0 amide bonds. The maximum Gasteiger partial charge on any atom is 0.0541 e. The van der Waals surface area contributed by atoms with Gasteiger partial charge in [-0.1, -0.05) is 175 Å². The SMILES string of the molecule is CC1(C)c2ccccc2-c2ccc(N(c3ccc4c(c3)C(C)(C)c3ccccc3-4)c3ccc4c(c3)C(C)(C)c3cc(-c5ccc6c(c5)c5ccccc5n6-c5ccc6ccccc6c5)ccc3-4)cc21. The quantitative estimate of drug-likeness (QED) is 0.167. The topological polar surface area (TPSA) is 8.17 Å². The smallest absolute Gasteiger partial charge is 0.0541 e. The highest BCUT2D eigenvalue weighted by atomic mass is 15.1. The Hall–Kier alpha value is -7.94. The predicted octanol–water partition coefficient (Wildman–Crippen LogP) is 18.0. The molecule has 11 aromatic rings. The second-order valence-electron chi connectivity index (χ2n) is 21.4. The Morgan fingerprint density at radius 1 is 0.304 bits per heavy atom. The molecule has 0 unspecified atom stereocenters. The van der Waals surface area contributed by atoms with Gasteiger partial charge in [-0.05, 0) is 161 Å². The van der Waals surface area contributed by atoms with Gasteiger partial charge in [0.15, 0.2) is 0 Å². The molecule has 0 saturated heterocycles. The van der Waals surface area contributed by atoms with Gasteiger partial charge in [0.2, 0.25) is 0 Å². The lowest BCUT2D eigenvalue weighted by Crippen LogP contribution is -2.19. The summed E-state index contributed by atoms with van der Waals surface area (Å²) in [5.41, 5.74) is 25.4. The minimum atomic E-state index is -0.234. The van der Waals surface area contributed by atoms with Gasteiger partial charge in [0.1, 0.15) is 0 Å². The van der Waals surface area contributed by atoms with Gasteiger partial charge < -0.3 is 9.47 Å². The van der Waals surface area contributed by atoms with E-state index in [4.69, 9.17) is 0 Å². The summed E-state index contributed by atoms with van der Waals surface area (Å²) in [7, 11) is 0. The molecular weight excluding hydrogens is 833 g/mol. The van der Waals surface area contributed by atoms with Crippen molar-refractivity contribution in [2.45, 2.75) is 57.8 Å². The first-order valence-electron chi connectivity index (χ1n) is 24.6. The molecule has 3 aliphatic carbocycles. The van der Waals surface area contributed by atoms with Crippen LogP contribution < -0.4 is 4.90 Å². The summed E-state index contributed by atoms with van der Waals surface area (Å²) in [6.07, 6.45) is 0. The summed E-state index contributed by atoms with van der Waals surface area (Å²) in [5, 5.41) is 5.03. The lowest BCUT2D eigenvalue weighted by molar-refractivity contribution is 0.659. The maximum absolute atomic E-state index is 2.52. The van der Waals surface area contributed by atoms with Crippen molar-refractivity contribution in [3.8, 4) is 50.2 Å². The fraction of sp³-hybridized carbons (Fsp3) is 0.134. The summed E-state index contributed by atoms with van der Waals surface area (Å²) >= 11 is 0. The third kappa shape index (κ3) is 5.60. The van der Waals surface area contributed by atoms with Gasteiger partial charge in [0, 0.05) is 49.8 Å². The number of anilines is 3. The summed E-state index contributed by atoms with van der Waals surface area (Å²) in [5.74, 6) is 0. The average molecular weight is 885 g/mol. The molecule has 14 rings (SSSR count). The molecule has 2 nitrogen and oxygen atoms in total. The lowest BCUT2D eigenvalue weighted by Gasteiger charge is -2.31. The van der Waals surface area contributed by atoms with E-state index < -0.39 is 0 Å². The largest absolute Gasteiger partial charge is 0.310 e. The number of para-hydroxylation sites is 1. The molecule has 0 saturated carbocycles. The molecule has 0 fully saturated rings. The number of nitrogens with zero attached hydrogens (tertiary/aromatic N) is 2. The summed E-state index contributed by atoms with van der Waals surface area (Å²) in [6.45, 7) is 14.4. The number of aromatic nitrogens is 1. The minimum absolute atomic E-state index is 0.118. The van der Waals surface area contributed by atoms with E-state index in [-0.39, 0.29) is 16.2 Å². The third-order valence-electron chi connectivity index (χ3n) is 16.6. The first-order chi connectivity index (χ1) is 33.5. The number of hydrogen-bond donors (Lipinski definition) is 0. The van der Waals surface area contributed by atoms with Crippen molar-refractivity contribution in [3.63, 3.8) is 0 Å². The van der Waals surface area contributed by atoms with Gasteiger partial charge in [-0.15, -0.1) is 0 Å². The highest BCUT2D eigenvalue weighted by Crippen LogP contribution is 2.55. The summed E-state index contributed by atoms with van der Waals surface area (Å²) < 4.78 is 2.43. The van der Waals surface area contributed by atoms with E-state index >= 15 is 0 Å². The van der Waals surface area contributed by atoms with Crippen LogP contribution in [0.1, 0.15) is 74.9 Å². The van der Waals surface area contributed by atoms with Gasteiger partial charge in [-0.25, -0.2) is 0 Å². The van der Waals surface area contributed by atoms with Crippen LogP contribution in [0.2, 0.25) is 0 Å². The average Bonchev–Trinajstić information content (AvgIpc) is 3.99. The molecule has 2 heteroatoms. The Morgan fingerprint density at radius 3 is 1.35 bits per heavy atom. The maximum atomic E-state index is 2.52. The van der Waals surface area contributed by atoms with Crippen molar-refractivity contribution in [1.82, 2.24) is 4.57 Å². The van der Waals surface area contributed by atoms with Crippen LogP contribution in [-0.4, -0.2) is 4.57 Å². The van der Waals surface area contributed by atoms with Gasteiger partial charge in [-0.2, -0.15) is 0 Å². The zero-order valence-electron chi connectivity index (χ0n) is 40.0. The standard InChI is InChI=1S/C67H52N2/c1-65(2)57-20-12-9-17-49(57)52-31-27-46(38-60(52)65)68(47-28-32-53-50-18-10-13-21-58(50)66(3,4)61(53)39-47)48-29-33-54-51-30-24-44(37-59(51)67(5,6)62(54)40-48)43-25-34-64-56(36-43)55-19-11-14-22-63(55)69(64)45-26-23-41-15-7-8-16-42(41)35-45/h7-40H,1-6H3. The monoisotopic (exact) mass is 884 g/mol. The molecule has 0 spiro atoms. The second-order valence-corrected chi connectivity index (χ2v) is 21.4. The van der Waals surface area contributed by atoms with E-state index in [0.717, 1.165) is 0 Å². The first kappa shape index (κ1) is 40.2. The Kier molecular flexibility index (Phi) is 8.18. The Balaban J connectivity index is 0.880. The highest BCUT2D eigenvalue weighted by molar-refractivity contribution is 6.11. The molecule has 0 radical (unpaired) electrons.